The summed E-state index contributed by atoms with van der Waals surface area (Å²) in [4.78, 5) is 0.0463. The fourth-order valence-electron chi connectivity index (χ4n) is 2.08. The van der Waals surface area contributed by atoms with E-state index in [1.54, 1.807) is 0 Å². The fraction of sp³-hybridized carbons (Fsp3) is 1.00. The Labute approximate surface area is 79.9 Å². The van der Waals surface area contributed by atoms with Crippen molar-refractivity contribution in [1.29, 1.82) is 0 Å². The topological polar surface area (TPSA) is 20.2 Å². The molecule has 0 aromatic rings. The molecular weight excluding hydrogens is 209 g/mol. The molecule has 0 amide bonds. The van der Waals surface area contributed by atoms with Gasteiger partial charge >= 0.3 is 79.6 Å². The summed E-state index contributed by atoms with van der Waals surface area (Å²) in [5.74, 6) is 0.463. The van der Waals surface area contributed by atoms with Gasteiger partial charge in [0, 0.05) is 0 Å². The Bertz CT molecular complexity index is 111. The molecule has 0 aromatic carbocycles. The number of aliphatic hydroxyl groups is 1. The van der Waals surface area contributed by atoms with E-state index in [2.05, 4.69) is 34.6 Å². The number of hydrogen-bond donors (Lipinski definition) is 1. The monoisotopic (exact) mass is 234 g/mol. The quantitative estimate of drug-likeness (QED) is 0.723. The molecule has 0 heterocycles. The maximum atomic E-state index is 10.1. The molecule has 0 aromatic heterocycles. The van der Waals surface area contributed by atoms with E-state index >= 15 is 0 Å². The van der Waals surface area contributed by atoms with Crippen molar-refractivity contribution >= 4 is 13.3 Å². The van der Waals surface area contributed by atoms with E-state index in [0.717, 1.165) is 0 Å². The van der Waals surface area contributed by atoms with Gasteiger partial charge in [0.15, 0.2) is 0 Å². The van der Waals surface area contributed by atoms with Crippen molar-refractivity contribution in [1.82, 2.24) is 0 Å². The molecule has 0 bridgehead atoms. The summed E-state index contributed by atoms with van der Waals surface area (Å²) < 4.78 is 0. The zero-order chi connectivity index (χ0) is 9.78. The van der Waals surface area contributed by atoms with Crippen LogP contribution in [0.5, 0.6) is 0 Å². The van der Waals surface area contributed by atoms with Crippen LogP contribution in [0.4, 0.5) is 0 Å². The maximum absolute atomic E-state index is 10.1. The standard InChI is InChI=1S/C10H24GeO/c1-6-11(7-2,8-3)10(12)9(4)5/h9-10,12H,6-8H2,1-5H3. The molecule has 12 heavy (non-hydrogen) atoms. The first-order valence-electron chi connectivity index (χ1n) is 5.22. The van der Waals surface area contributed by atoms with Crippen LogP contribution in [0.2, 0.25) is 15.8 Å². The Kier molecular flexibility index (Phi) is 5.50. The molecule has 1 unspecified atom stereocenters. The number of rotatable bonds is 5. The minimum atomic E-state index is -1.85. The van der Waals surface area contributed by atoms with Gasteiger partial charge in [0.25, 0.3) is 0 Å². The SMILES string of the molecule is C[CH2][Ge]([CH2]C)([CH2]C)[CH](O)C(C)C. The predicted octanol–water partition coefficient (Wildman–Crippen LogP) is 3.05. The second-order valence-corrected chi connectivity index (χ2v) is 15.5. The van der Waals surface area contributed by atoms with Crippen molar-refractivity contribution in [2.75, 3.05) is 0 Å². The van der Waals surface area contributed by atoms with Crippen LogP contribution in [0.15, 0.2) is 0 Å². The first-order valence-corrected chi connectivity index (χ1v) is 10.9. The van der Waals surface area contributed by atoms with Gasteiger partial charge in [-0.1, -0.05) is 0 Å². The van der Waals surface area contributed by atoms with Gasteiger partial charge in [0.2, 0.25) is 0 Å². The summed E-state index contributed by atoms with van der Waals surface area (Å²) in [5, 5.41) is 13.9. The molecule has 0 aliphatic rings. The van der Waals surface area contributed by atoms with Crippen molar-refractivity contribution in [3.8, 4) is 0 Å². The molecule has 1 nitrogen and oxygen atoms in total. The molecule has 2 heteroatoms. The van der Waals surface area contributed by atoms with E-state index in [-0.39, 0.29) is 4.94 Å². The Morgan fingerprint density at radius 2 is 1.33 bits per heavy atom. The Morgan fingerprint density at radius 3 is 1.42 bits per heavy atom. The van der Waals surface area contributed by atoms with Gasteiger partial charge in [-0.15, -0.1) is 0 Å². The van der Waals surface area contributed by atoms with Crippen LogP contribution in [0.1, 0.15) is 34.6 Å². The van der Waals surface area contributed by atoms with Gasteiger partial charge in [-0.05, 0) is 0 Å². The number of hydrogen-bond acceptors (Lipinski definition) is 1. The normalized spacial score (nSPS) is 15.2. The van der Waals surface area contributed by atoms with Gasteiger partial charge in [-0.2, -0.15) is 0 Å². The van der Waals surface area contributed by atoms with Gasteiger partial charge in [-0.25, -0.2) is 0 Å². The predicted molar refractivity (Wildman–Crippen MR) is 58.0 cm³/mol. The van der Waals surface area contributed by atoms with Crippen LogP contribution in [0.3, 0.4) is 0 Å². The van der Waals surface area contributed by atoms with Crippen LogP contribution in [-0.4, -0.2) is 23.3 Å². The average Bonchev–Trinajstić information content (AvgIpc) is 2.08. The molecule has 0 rings (SSSR count). The summed E-state index contributed by atoms with van der Waals surface area (Å²) in [7, 11) is 0. The Balaban J connectivity index is 4.46. The van der Waals surface area contributed by atoms with E-state index in [9.17, 15) is 5.11 Å². The van der Waals surface area contributed by atoms with Crippen molar-refractivity contribution < 1.29 is 5.11 Å². The van der Waals surface area contributed by atoms with Crippen molar-refractivity contribution in [2.45, 2.75) is 55.3 Å². The summed E-state index contributed by atoms with van der Waals surface area (Å²) in [6.45, 7) is 11.1. The van der Waals surface area contributed by atoms with Crippen molar-refractivity contribution in [3.05, 3.63) is 0 Å². The third-order valence-electron chi connectivity index (χ3n) is 3.37. The molecule has 1 atom stereocenters. The van der Waals surface area contributed by atoms with Crippen molar-refractivity contribution in [3.63, 3.8) is 0 Å². The van der Waals surface area contributed by atoms with Crippen LogP contribution < -0.4 is 0 Å². The summed E-state index contributed by atoms with van der Waals surface area (Å²) in [6.07, 6.45) is 0. The summed E-state index contributed by atoms with van der Waals surface area (Å²) in [5.41, 5.74) is 0. The average molecular weight is 233 g/mol. The van der Waals surface area contributed by atoms with E-state index in [1.165, 1.54) is 15.8 Å². The second-order valence-electron chi connectivity index (χ2n) is 4.11. The molecule has 0 radical (unpaired) electrons. The first kappa shape index (κ1) is 12.5. The summed E-state index contributed by atoms with van der Waals surface area (Å²) >= 11 is -1.85. The molecule has 1 N–H and O–H groups in total. The molecule has 0 fully saturated rings. The Morgan fingerprint density at radius 1 is 1.00 bits per heavy atom. The third kappa shape index (κ3) is 2.49. The van der Waals surface area contributed by atoms with Gasteiger partial charge in [0.1, 0.15) is 0 Å². The molecular formula is C10H24GeO. The van der Waals surface area contributed by atoms with Crippen LogP contribution in [0, 0.1) is 5.92 Å². The van der Waals surface area contributed by atoms with Gasteiger partial charge in [-0.3, -0.25) is 0 Å². The van der Waals surface area contributed by atoms with Crippen molar-refractivity contribution in [2.24, 2.45) is 5.92 Å². The fourth-order valence-corrected chi connectivity index (χ4v) is 10.8. The minimum absolute atomic E-state index is 0.0463. The van der Waals surface area contributed by atoms with Crippen LogP contribution in [-0.2, 0) is 0 Å². The molecule has 0 aliphatic heterocycles. The zero-order valence-electron chi connectivity index (χ0n) is 9.22. The van der Waals surface area contributed by atoms with E-state index in [0.29, 0.717) is 5.92 Å². The van der Waals surface area contributed by atoms with E-state index in [1.807, 2.05) is 0 Å². The first-order chi connectivity index (χ1) is 5.54. The Hall–Kier alpha value is 0.503. The third-order valence-corrected chi connectivity index (χ3v) is 16.3. The second kappa shape index (κ2) is 5.28. The zero-order valence-corrected chi connectivity index (χ0v) is 11.3. The van der Waals surface area contributed by atoms with Gasteiger partial charge in [0.05, 0.1) is 0 Å². The van der Waals surface area contributed by atoms with Crippen LogP contribution >= 0.6 is 0 Å². The van der Waals surface area contributed by atoms with Crippen LogP contribution in [0.25, 0.3) is 0 Å². The van der Waals surface area contributed by atoms with E-state index < -0.39 is 13.3 Å². The van der Waals surface area contributed by atoms with Gasteiger partial charge < -0.3 is 0 Å². The molecule has 0 spiro atoms. The number of aliphatic hydroxyl groups excluding tert-OH is 1. The molecule has 74 valence electrons. The van der Waals surface area contributed by atoms with E-state index in [4.69, 9.17) is 0 Å². The summed E-state index contributed by atoms with van der Waals surface area (Å²) in [6, 6.07) is 0. The molecule has 0 aliphatic carbocycles. The molecule has 0 saturated heterocycles. The molecule has 0 saturated carbocycles.